The number of halogens is 2. The number of aromatic nitrogens is 4. The first-order valence-electron chi connectivity index (χ1n) is 6.89. The highest BCUT2D eigenvalue weighted by Gasteiger charge is 2.18. The highest BCUT2D eigenvalue weighted by Crippen LogP contribution is 2.22. The van der Waals surface area contributed by atoms with E-state index in [2.05, 4.69) is 32.2 Å². The van der Waals surface area contributed by atoms with E-state index in [4.69, 9.17) is 0 Å². The number of nitrogens with zero attached hydrogens (tertiary/aromatic N) is 4. The molecular weight excluding hydrogens is 340 g/mol. The van der Waals surface area contributed by atoms with Crippen molar-refractivity contribution in [1.82, 2.24) is 20.2 Å². The molecule has 24 heavy (non-hydrogen) atoms. The van der Waals surface area contributed by atoms with Gasteiger partial charge in [-0.3, -0.25) is 4.79 Å². The maximum Gasteiger partial charge on any atom is 0.387 e. The standard InChI is InChI=1S/C14H15F2N5O2S/c1-3-8-21-14(18-19-20-21)24-9(2)12(22)17-10-4-6-11(7-5-10)23-13(15)16/h3-7,9,13H,1,8H2,2H3,(H,17,22). The van der Waals surface area contributed by atoms with E-state index in [1.165, 1.54) is 40.7 Å². The number of hydrogen-bond acceptors (Lipinski definition) is 6. The summed E-state index contributed by atoms with van der Waals surface area (Å²) >= 11 is 1.20. The van der Waals surface area contributed by atoms with E-state index in [1.807, 2.05) is 0 Å². The molecule has 1 N–H and O–H groups in total. The van der Waals surface area contributed by atoms with E-state index in [0.29, 0.717) is 17.4 Å². The van der Waals surface area contributed by atoms with Crippen molar-refractivity contribution in [2.45, 2.75) is 30.5 Å². The van der Waals surface area contributed by atoms with Crippen LogP contribution < -0.4 is 10.1 Å². The molecule has 10 heteroatoms. The van der Waals surface area contributed by atoms with Gasteiger partial charge in [0, 0.05) is 5.69 Å². The van der Waals surface area contributed by atoms with E-state index in [9.17, 15) is 13.6 Å². The minimum Gasteiger partial charge on any atom is -0.435 e. The van der Waals surface area contributed by atoms with Gasteiger partial charge in [-0.1, -0.05) is 17.8 Å². The van der Waals surface area contributed by atoms with E-state index in [0.717, 1.165) is 0 Å². The smallest absolute Gasteiger partial charge is 0.387 e. The van der Waals surface area contributed by atoms with Gasteiger partial charge >= 0.3 is 6.61 Å². The summed E-state index contributed by atoms with van der Waals surface area (Å²) in [7, 11) is 0. The quantitative estimate of drug-likeness (QED) is 0.579. The molecule has 0 aliphatic heterocycles. The third-order valence-corrected chi connectivity index (χ3v) is 3.87. The van der Waals surface area contributed by atoms with E-state index < -0.39 is 11.9 Å². The van der Waals surface area contributed by atoms with Gasteiger partial charge in [0.2, 0.25) is 11.1 Å². The van der Waals surface area contributed by atoms with Gasteiger partial charge in [0.1, 0.15) is 5.75 Å². The molecule has 2 rings (SSSR count). The average Bonchev–Trinajstić information content (AvgIpc) is 2.96. The third kappa shape index (κ3) is 5.01. The second-order valence-corrected chi connectivity index (χ2v) is 5.89. The summed E-state index contributed by atoms with van der Waals surface area (Å²) in [6, 6.07) is 5.66. The summed E-state index contributed by atoms with van der Waals surface area (Å²) in [6.07, 6.45) is 1.65. The second kappa shape index (κ2) is 8.39. The monoisotopic (exact) mass is 355 g/mol. The van der Waals surface area contributed by atoms with Crippen LogP contribution in [0.15, 0.2) is 42.1 Å². The number of amides is 1. The molecule has 0 saturated carbocycles. The molecule has 0 saturated heterocycles. The van der Waals surface area contributed by atoms with Crippen LogP contribution in [-0.2, 0) is 11.3 Å². The van der Waals surface area contributed by atoms with Crippen LogP contribution >= 0.6 is 11.8 Å². The minimum absolute atomic E-state index is 0.0222. The number of thioether (sulfide) groups is 1. The highest BCUT2D eigenvalue weighted by molar-refractivity contribution is 8.00. The van der Waals surface area contributed by atoms with Crippen LogP contribution in [0.3, 0.4) is 0 Å². The molecule has 1 unspecified atom stereocenters. The molecule has 0 spiro atoms. The summed E-state index contributed by atoms with van der Waals surface area (Å²) in [6.45, 7) is 2.87. The van der Waals surface area contributed by atoms with Gasteiger partial charge in [-0.15, -0.1) is 11.7 Å². The topological polar surface area (TPSA) is 81.9 Å². The van der Waals surface area contributed by atoms with Gasteiger partial charge in [0.25, 0.3) is 0 Å². The van der Waals surface area contributed by atoms with Crippen LogP contribution in [0.5, 0.6) is 5.75 Å². The van der Waals surface area contributed by atoms with Crippen LogP contribution in [0.2, 0.25) is 0 Å². The number of carbonyl (C=O) groups excluding carboxylic acids is 1. The Hall–Kier alpha value is -2.49. The zero-order valence-electron chi connectivity index (χ0n) is 12.7. The van der Waals surface area contributed by atoms with Gasteiger partial charge < -0.3 is 10.1 Å². The highest BCUT2D eigenvalue weighted by atomic mass is 32.2. The summed E-state index contributed by atoms with van der Waals surface area (Å²) in [5.41, 5.74) is 0.472. The Balaban J connectivity index is 1.93. The number of alkyl halides is 2. The Morgan fingerprint density at radius 2 is 2.17 bits per heavy atom. The van der Waals surface area contributed by atoms with E-state index >= 15 is 0 Å². The lowest BCUT2D eigenvalue weighted by Gasteiger charge is -2.12. The molecule has 7 nitrogen and oxygen atoms in total. The van der Waals surface area contributed by atoms with Crippen LogP contribution in [-0.4, -0.2) is 38.0 Å². The van der Waals surface area contributed by atoms with Crippen molar-refractivity contribution in [2.24, 2.45) is 0 Å². The van der Waals surface area contributed by atoms with Gasteiger partial charge in [-0.05, 0) is 41.6 Å². The molecule has 0 aliphatic rings. The first-order chi connectivity index (χ1) is 11.5. The fraction of sp³-hybridized carbons (Fsp3) is 0.286. The summed E-state index contributed by atoms with van der Waals surface area (Å²) in [5.74, 6) is -0.246. The lowest BCUT2D eigenvalue weighted by molar-refractivity contribution is -0.115. The second-order valence-electron chi connectivity index (χ2n) is 4.58. The van der Waals surface area contributed by atoms with Crippen molar-refractivity contribution in [3.05, 3.63) is 36.9 Å². The Bertz CT molecular complexity index is 693. The molecule has 0 bridgehead atoms. The van der Waals surface area contributed by atoms with Gasteiger partial charge in [-0.2, -0.15) is 8.78 Å². The predicted molar refractivity (Wildman–Crippen MR) is 85.0 cm³/mol. The third-order valence-electron chi connectivity index (χ3n) is 2.80. The van der Waals surface area contributed by atoms with Crippen LogP contribution in [0.25, 0.3) is 0 Å². The zero-order chi connectivity index (χ0) is 17.5. The first-order valence-corrected chi connectivity index (χ1v) is 7.77. The zero-order valence-corrected chi connectivity index (χ0v) is 13.5. The average molecular weight is 355 g/mol. The maximum atomic E-state index is 12.2. The summed E-state index contributed by atoms with van der Waals surface area (Å²) in [5, 5.41) is 13.9. The molecular formula is C14H15F2N5O2S. The molecule has 1 amide bonds. The Morgan fingerprint density at radius 3 is 2.79 bits per heavy atom. The van der Waals surface area contributed by atoms with Crippen molar-refractivity contribution in [2.75, 3.05) is 5.32 Å². The molecule has 128 valence electrons. The van der Waals surface area contributed by atoms with Crippen molar-refractivity contribution in [3.63, 3.8) is 0 Å². The SMILES string of the molecule is C=CCn1nnnc1SC(C)C(=O)Nc1ccc(OC(F)F)cc1. The largest absolute Gasteiger partial charge is 0.435 e. The number of benzene rings is 1. The minimum atomic E-state index is -2.89. The van der Waals surface area contributed by atoms with Crippen LogP contribution in [0, 0.1) is 0 Å². The lowest BCUT2D eigenvalue weighted by Crippen LogP contribution is -2.23. The number of carbonyl (C=O) groups is 1. The first kappa shape index (κ1) is 17.9. The van der Waals surface area contributed by atoms with Gasteiger partial charge in [-0.25, -0.2) is 4.68 Å². The molecule has 1 atom stereocenters. The van der Waals surface area contributed by atoms with Crippen LogP contribution in [0.4, 0.5) is 14.5 Å². The maximum absolute atomic E-state index is 12.2. The molecule has 1 aromatic carbocycles. The summed E-state index contributed by atoms with van der Waals surface area (Å²) in [4.78, 5) is 12.2. The van der Waals surface area contributed by atoms with Crippen molar-refractivity contribution in [1.29, 1.82) is 0 Å². The number of ether oxygens (including phenoxy) is 1. The van der Waals surface area contributed by atoms with Crippen LogP contribution in [0.1, 0.15) is 6.92 Å². The van der Waals surface area contributed by atoms with Crippen molar-refractivity contribution >= 4 is 23.4 Å². The number of allylic oxidation sites excluding steroid dienone is 1. The number of tetrazole rings is 1. The number of nitrogens with one attached hydrogen (secondary N) is 1. The lowest BCUT2D eigenvalue weighted by atomic mass is 10.3. The van der Waals surface area contributed by atoms with Crippen molar-refractivity contribution in [3.8, 4) is 5.75 Å². The summed E-state index contributed by atoms with van der Waals surface area (Å²) < 4.78 is 29.9. The van der Waals surface area contributed by atoms with Gasteiger partial charge in [0.05, 0.1) is 11.8 Å². The number of hydrogen-bond donors (Lipinski definition) is 1. The van der Waals surface area contributed by atoms with Gasteiger partial charge in [0.15, 0.2) is 0 Å². The molecule has 0 fully saturated rings. The van der Waals surface area contributed by atoms with E-state index in [1.54, 1.807) is 13.0 Å². The molecule has 1 aromatic heterocycles. The predicted octanol–water partition coefficient (Wildman–Crippen LogP) is 2.58. The fourth-order valence-electron chi connectivity index (χ4n) is 1.69. The number of rotatable bonds is 8. The Morgan fingerprint density at radius 1 is 1.46 bits per heavy atom. The Kier molecular flexibility index (Phi) is 6.24. The normalized spacial score (nSPS) is 12.0. The molecule has 1 heterocycles. The van der Waals surface area contributed by atoms with E-state index in [-0.39, 0.29) is 11.7 Å². The Labute approximate surface area is 141 Å². The molecule has 2 aromatic rings. The van der Waals surface area contributed by atoms with Crippen molar-refractivity contribution < 1.29 is 18.3 Å². The number of anilines is 1. The molecule has 0 aliphatic carbocycles. The fourth-order valence-corrected chi connectivity index (χ4v) is 2.49. The molecule has 0 radical (unpaired) electrons.